The number of hydrogen-bond donors (Lipinski definition) is 2. The smallest absolute Gasteiger partial charge is 0.399 e. The predicted octanol–water partition coefficient (Wildman–Crippen LogP) is 1.90. The van der Waals surface area contributed by atoms with Crippen molar-refractivity contribution < 1.29 is 18.9 Å². The van der Waals surface area contributed by atoms with Crippen molar-refractivity contribution in [3.8, 4) is 0 Å². The Balaban J connectivity index is 2.34. The second-order valence-corrected chi connectivity index (χ2v) is 6.76. The predicted molar refractivity (Wildman–Crippen MR) is 90.8 cm³/mol. The monoisotopic (exact) mass is 318 g/mol. The van der Waals surface area contributed by atoms with Crippen LogP contribution in [0.2, 0.25) is 0 Å². The highest BCUT2D eigenvalue weighted by Crippen LogP contribution is 2.36. The zero-order valence-electron chi connectivity index (χ0n) is 14.4. The van der Waals surface area contributed by atoms with E-state index in [0.717, 1.165) is 5.46 Å². The Hall–Kier alpha value is -1.86. The van der Waals surface area contributed by atoms with Gasteiger partial charge in [0.1, 0.15) is 0 Å². The van der Waals surface area contributed by atoms with Gasteiger partial charge in [0.25, 0.3) is 0 Å². The Morgan fingerprint density at radius 3 is 1.87 bits per heavy atom. The molecule has 1 aromatic rings. The van der Waals surface area contributed by atoms with E-state index in [1.54, 1.807) is 12.1 Å². The second kappa shape index (κ2) is 5.98. The molecule has 0 atom stereocenters. The van der Waals surface area contributed by atoms with Gasteiger partial charge in [0.05, 0.1) is 22.6 Å². The highest BCUT2D eigenvalue weighted by molar-refractivity contribution is 6.62. The average Bonchev–Trinajstić information content (AvgIpc) is 2.59. The summed E-state index contributed by atoms with van der Waals surface area (Å²) >= 11 is 0. The third kappa shape index (κ3) is 3.73. The summed E-state index contributed by atoms with van der Waals surface area (Å²) in [6.45, 7) is 10.8. The van der Waals surface area contributed by atoms with Gasteiger partial charge in [0.15, 0.2) is 0 Å². The van der Waals surface area contributed by atoms with Gasteiger partial charge in [0, 0.05) is 13.8 Å². The van der Waals surface area contributed by atoms with E-state index >= 15 is 0 Å². The van der Waals surface area contributed by atoms with Crippen molar-refractivity contribution >= 4 is 35.8 Å². The summed E-state index contributed by atoms with van der Waals surface area (Å²) in [5.74, 6) is -0.428. The van der Waals surface area contributed by atoms with Gasteiger partial charge in [-0.2, -0.15) is 0 Å². The zero-order valence-corrected chi connectivity index (χ0v) is 14.4. The largest absolute Gasteiger partial charge is 0.494 e. The topological polar surface area (TPSA) is 76.7 Å². The van der Waals surface area contributed by atoms with Crippen LogP contribution in [-0.4, -0.2) is 30.1 Å². The third-order valence-electron chi connectivity index (χ3n) is 4.19. The Morgan fingerprint density at radius 1 is 0.913 bits per heavy atom. The van der Waals surface area contributed by atoms with Gasteiger partial charge in [-0.1, -0.05) is 6.07 Å². The van der Waals surface area contributed by atoms with E-state index in [0.29, 0.717) is 11.4 Å². The maximum atomic E-state index is 11.4. The lowest BCUT2D eigenvalue weighted by Gasteiger charge is -2.32. The number of rotatable bonds is 3. The molecule has 0 radical (unpaired) electrons. The lowest BCUT2D eigenvalue weighted by molar-refractivity contribution is -0.115. The van der Waals surface area contributed by atoms with Crippen LogP contribution in [0.15, 0.2) is 18.2 Å². The summed E-state index contributed by atoms with van der Waals surface area (Å²) in [5, 5.41) is 5.41. The molecule has 23 heavy (non-hydrogen) atoms. The number of anilines is 2. The Kier molecular flexibility index (Phi) is 4.55. The first kappa shape index (κ1) is 17.5. The summed E-state index contributed by atoms with van der Waals surface area (Å²) in [6, 6.07) is 5.31. The lowest BCUT2D eigenvalue weighted by atomic mass is 9.78. The van der Waals surface area contributed by atoms with E-state index < -0.39 is 18.3 Å². The molecule has 1 aliphatic heterocycles. The molecule has 0 spiro atoms. The SMILES string of the molecule is CC(=O)Nc1ccc(B2OC(C)(C)C(C)(C)O2)cc1NC(C)=O. The Morgan fingerprint density at radius 2 is 1.39 bits per heavy atom. The van der Waals surface area contributed by atoms with Crippen molar-refractivity contribution in [1.82, 2.24) is 0 Å². The standard InChI is InChI=1S/C16H23BN2O4/c1-10(20)18-13-8-7-12(9-14(13)19-11(2)21)17-22-15(3,4)16(5,6)23-17/h7-9H,1-6H3,(H,18,20)(H,19,21). The Labute approximate surface area is 137 Å². The fraction of sp³-hybridized carbons (Fsp3) is 0.500. The number of benzene rings is 1. The molecule has 1 fully saturated rings. The third-order valence-corrected chi connectivity index (χ3v) is 4.19. The lowest BCUT2D eigenvalue weighted by Crippen LogP contribution is -2.41. The highest BCUT2D eigenvalue weighted by Gasteiger charge is 2.51. The molecule has 7 heteroatoms. The molecule has 124 valence electrons. The van der Waals surface area contributed by atoms with E-state index in [9.17, 15) is 9.59 Å². The molecular formula is C16H23BN2O4. The van der Waals surface area contributed by atoms with Crippen LogP contribution in [0.25, 0.3) is 0 Å². The maximum Gasteiger partial charge on any atom is 0.494 e. The van der Waals surface area contributed by atoms with Crippen molar-refractivity contribution in [1.29, 1.82) is 0 Å². The van der Waals surface area contributed by atoms with Gasteiger partial charge in [-0.15, -0.1) is 0 Å². The molecule has 2 rings (SSSR count). The average molecular weight is 318 g/mol. The molecule has 0 aliphatic carbocycles. The first-order chi connectivity index (χ1) is 10.5. The van der Waals surface area contributed by atoms with Gasteiger partial charge in [-0.3, -0.25) is 9.59 Å². The van der Waals surface area contributed by atoms with Crippen LogP contribution < -0.4 is 16.1 Å². The van der Waals surface area contributed by atoms with E-state index in [1.807, 2.05) is 33.8 Å². The molecule has 1 heterocycles. The van der Waals surface area contributed by atoms with Crippen LogP contribution >= 0.6 is 0 Å². The van der Waals surface area contributed by atoms with Crippen LogP contribution in [0.3, 0.4) is 0 Å². The number of carbonyl (C=O) groups is 2. The van der Waals surface area contributed by atoms with Crippen molar-refractivity contribution in [2.45, 2.75) is 52.7 Å². The van der Waals surface area contributed by atoms with E-state index in [-0.39, 0.29) is 11.8 Å². The molecule has 1 aliphatic rings. The quantitative estimate of drug-likeness (QED) is 0.835. The minimum absolute atomic E-state index is 0.208. The minimum atomic E-state index is -0.529. The van der Waals surface area contributed by atoms with Gasteiger partial charge >= 0.3 is 7.12 Å². The molecule has 0 bridgehead atoms. The Bertz CT molecular complexity index is 627. The first-order valence-electron chi connectivity index (χ1n) is 7.56. The molecule has 1 aromatic carbocycles. The molecule has 2 N–H and O–H groups in total. The van der Waals surface area contributed by atoms with Crippen LogP contribution in [0.5, 0.6) is 0 Å². The summed E-state index contributed by atoms with van der Waals surface area (Å²) in [7, 11) is -0.529. The van der Waals surface area contributed by atoms with E-state index in [1.165, 1.54) is 13.8 Å². The van der Waals surface area contributed by atoms with Gasteiger partial charge in [-0.05, 0) is 45.3 Å². The van der Waals surface area contributed by atoms with Crippen molar-refractivity contribution in [2.24, 2.45) is 0 Å². The molecular weight excluding hydrogens is 295 g/mol. The molecule has 2 amide bonds. The molecule has 1 saturated heterocycles. The van der Waals surface area contributed by atoms with E-state index in [4.69, 9.17) is 9.31 Å². The minimum Gasteiger partial charge on any atom is -0.399 e. The fourth-order valence-corrected chi connectivity index (χ4v) is 2.28. The number of amides is 2. The van der Waals surface area contributed by atoms with Gasteiger partial charge in [0.2, 0.25) is 11.8 Å². The first-order valence-corrected chi connectivity index (χ1v) is 7.56. The summed E-state index contributed by atoms with van der Waals surface area (Å²) in [4.78, 5) is 22.7. The van der Waals surface area contributed by atoms with Crippen LogP contribution in [0.1, 0.15) is 41.5 Å². The summed E-state index contributed by atoms with van der Waals surface area (Å²) < 4.78 is 12.0. The zero-order chi connectivity index (χ0) is 17.4. The maximum absolute atomic E-state index is 11.4. The van der Waals surface area contributed by atoms with Crippen molar-refractivity contribution in [2.75, 3.05) is 10.6 Å². The van der Waals surface area contributed by atoms with Crippen molar-refractivity contribution in [3.63, 3.8) is 0 Å². The fourth-order valence-electron chi connectivity index (χ4n) is 2.28. The van der Waals surface area contributed by atoms with Crippen LogP contribution in [0.4, 0.5) is 11.4 Å². The second-order valence-electron chi connectivity index (χ2n) is 6.76. The normalized spacial score (nSPS) is 18.6. The summed E-state index contributed by atoms with van der Waals surface area (Å²) in [6.07, 6.45) is 0. The molecule has 0 saturated carbocycles. The number of hydrogen-bond acceptors (Lipinski definition) is 4. The van der Waals surface area contributed by atoms with Crippen molar-refractivity contribution in [3.05, 3.63) is 18.2 Å². The summed E-state index contributed by atoms with van der Waals surface area (Å²) in [5.41, 5.74) is 0.943. The number of nitrogens with one attached hydrogen (secondary N) is 2. The van der Waals surface area contributed by atoms with E-state index in [2.05, 4.69) is 10.6 Å². The van der Waals surface area contributed by atoms with Gasteiger partial charge < -0.3 is 19.9 Å². The van der Waals surface area contributed by atoms with Gasteiger partial charge in [-0.25, -0.2) is 0 Å². The van der Waals surface area contributed by atoms with Crippen LogP contribution in [0, 0.1) is 0 Å². The van der Waals surface area contributed by atoms with Crippen LogP contribution in [-0.2, 0) is 18.9 Å². The molecule has 6 nitrogen and oxygen atoms in total. The molecule has 0 aromatic heterocycles. The number of carbonyl (C=O) groups excluding carboxylic acids is 2. The highest BCUT2D eigenvalue weighted by atomic mass is 16.7. The molecule has 0 unspecified atom stereocenters.